The number of benzene rings is 2. The number of carbonyl (C=O) groups is 1. The lowest BCUT2D eigenvalue weighted by Gasteiger charge is -2.31. The van der Waals surface area contributed by atoms with Crippen LogP contribution in [0.3, 0.4) is 0 Å². The quantitative estimate of drug-likeness (QED) is 0.271. The second kappa shape index (κ2) is 10.7. The van der Waals surface area contributed by atoms with Gasteiger partial charge in [0.1, 0.15) is 17.9 Å². The van der Waals surface area contributed by atoms with Crippen molar-refractivity contribution in [1.29, 1.82) is 0 Å². The number of hydrogen-bond donors (Lipinski definition) is 0. The third kappa shape index (κ3) is 5.00. The summed E-state index contributed by atoms with van der Waals surface area (Å²) < 4.78 is 13.3. The van der Waals surface area contributed by atoms with Gasteiger partial charge in [-0.1, -0.05) is 30.3 Å². The summed E-state index contributed by atoms with van der Waals surface area (Å²) in [4.78, 5) is 14.4. The van der Waals surface area contributed by atoms with Crippen LogP contribution >= 0.6 is 11.3 Å². The number of carbonyl (C=O) groups excluding carboxylic acids is 1. The second-order valence-corrected chi connectivity index (χ2v) is 9.97. The van der Waals surface area contributed by atoms with Crippen LogP contribution in [0.25, 0.3) is 10.9 Å². The minimum absolute atomic E-state index is 0.324. The number of aromatic nitrogens is 1. The predicted octanol–water partition coefficient (Wildman–Crippen LogP) is 6.36. The van der Waals surface area contributed by atoms with Gasteiger partial charge < -0.3 is 14.0 Å². The fourth-order valence-electron chi connectivity index (χ4n) is 5.17. The minimum Gasteiger partial charge on any atom is -0.491 e. The van der Waals surface area contributed by atoms with Crippen molar-refractivity contribution in [3.63, 3.8) is 0 Å². The largest absolute Gasteiger partial charge is 0.491 e. The Morgan fingerprint density at radius 1 is 1.09 bits per heavy atom. The van der Waals surface area contributed by atoms with E-state index >= 15 is 0 Å². The molecular weight excluding hydrogens is 456 g/mol. The summed E-state index contributed by atoms with van der Waals surface area (Å²) in [6.07, 6.45) is 4.68. The first-order valence-corrected chi connectivity index (χ1v) is 13.2. The normalized spacial score (nSPS) is 15.8. The highest BCUT2D eigenvalue weighted by Crippen LogP contribution is 2.37. The molecule has 0 spiro atoms. The molecule has 182 valence electrons. The van der Waals surface area contributed by atoms with Crippen LogP contribution in [0.1, 0.15) is 53.2 Å². The van der Waals surface area contributed by atoms with E-state index in [4.69, 9.17) is 9.47 Å². The van der Waals surface area contributed by atoms with Crippen molar-refractivity contribution in [2.75, 3.05) is 33.4 Å². The average Bonchev–Trinajstić information content (AvgIpc) is 3.58. The molecule has 6 heteroatoms. The predicted molar refractivity (Wildman–Crippen MR) is 142 cm³/mol. The zero-order valence-electron chi connectivity index (χ0n) is 20.4. The molecule has 1 aliphatic heterocycles. The summed E-state index contributed by atoms with van der Waals surface area (Å²) in [7, 11) is 1.39. The molecule has 35 heavy (non-hydrogen) atoms. The lowest BCUT2D eigenvalue weighted by atomic mass is 9.89. The molecule has 2 aromatic carbocycles. The number of piperidine rings is 1. The fraction of sp³-hybridized carbons (Fsp3) is 0.345. The van der Waals surface area contributed by atoms with Crippen LogP contribution in [-0.2, 0) is 4.74 Å². The highest BCUT2D eigenvalue weighted by Gasteiger charge is 2.25. The van der Waals surface area contributed by atoms with E-state index in [9.17, 15) is 4.79 Å². The van der Waals surface area contributed by atoms with Gasteiger partial charge in [-0.05, 0) is 84.9 Å². The first-order chi connectivity index (χ1) is 17.2. The smallest absolute Gasteiger partial charge is 0.341 e. The van der Waals surface area contributed by atoms with Gasteiger partial charge in [-0.2, -0.15) is 11.3 Å². The maximum absolute atomic E-state index is 12.0. The third-order valence-corrected chi connectivity index (χ3v) is 7.90. The van der Waals surface area contributed by atoms with Crippen LogP contribution in [0.5, 0.6) is 5.75 Å². The molecule has 0 amide bonds. The highest BCUT2D eigenvalue weighted by atomic mass is 32.1. The zero-order chi connectivity index (χ0) is 24.2. The van der Waals surface area contributed by atoms with Crippen LogP contribution in [-0.4, -0.2) is 48.8 Å². The third-order valence-electron chi connectivity index (χ3n) is 7.20. The molecule has 0 radical (unpaired) electrons. The number of rotatable bonds is 8. The summed E-state index contributed by atoms with van der Waals surface area (Å²) in [6.45, 7) is 5.78. The summed E-state index contributed by atoms with van der Waals surface area (Å²) in [5.41, 5.74) is 4.64. The van der Waals surface area contributed by atoms with Crippen molar-refractivity contribution in [1.82, 2.24) is 9.47 Å². The van der Waals surface area contributed by atoms with Crippen molar-refractivity contribution in [2.24, 2.45) is 0 Å². The standard InChI is InChI=1S/C29H32N2O3S/c1-21(23-13-18-35-20-23)31-19-26(24-7-3-5-9-27(24)31)22-11-14-30(15-12-22)16-17-34-28-10-6-4-8-25(28)29(32)33-2/h3-10,13,18-22H,11-12,14-17H2,1-2H3. The van der Waals surface area contributed by atoms with Gasteiger partial charge in [0.25, 0.3) is 0 Å². The molecule has 0 N–H and O–H groups in total. The van der Waals surface area contributed by atoms with E-state index in [2.05, 4.69) is 63.7 Å². The van der Waals surface area contributed by atoms with Crippen molar-refractivity contribution in [3.05, 3.63) is 88.2 Å². The highest BCUT2D eigenvalue weighted by molar-refractivity contribution is 7.08. The first-order valence-electron chi connectivity index (χ1n) is 12.3. The van der Waals surface area contributed by atoms with Gasteiger partial charge in [-0.25, -0.2) is 4.79 Å². The Hall–Kier alpha value is -3.09. The molecular formula is C29H32N2O3S. The Balaban J connectivity index is 1.22. The Morgan fingerprint density at radius 3 is 2.63 bits per heavy atom. The number of likely N-dealkylation sites (tertiary alicyclic amines) is 1. The molecule has 1 saturated heterocycles. The van der Waals surface area contributed by atoms with Crippen LogP contribution in [0.2, 0.25) is 0 Å². The summed E-state index contributed by atoms with van der Waals surface area (Å²) >= 11 is 1.76. The molecule has 0 saturated carbocycles. The molecule has 0 aliphatic carbocycles. The van der Waals surface area contributed by atoms with E-state index in [1.54, 1.807) is 17.4 Å². The molecule has 1 aliphatic rings. The Labute approximate surface area is 210 Å². The Kier molecular flexibility index (Phi) is 7.21. The number of nitrogens with zero attached hydrogens (tertiary/aromatic N) is 2. The molecule has 1 atom stereocenters. The number of hydrogen-bond acceptors (Lipinski definition) is 5. The number of para-hydroxylation sites is 2. The molecule has 4 aromatic rings. The lowest BCUT2D eigenvalue weighted by molar-refractivity contribution is 0.0595. The maximum Gasteiger partial charge on any atom is 0.341 e. The van der Waals surface area contributed by atoms with Gasteiger partial charge in [0.15, 0.2) is 0 Å². The number of fused-ring (bicyclic) bond motifs is 1. The molecule has 1 fully saturated rings. The van der Waals surface area contributed by atoms with E-state index < -0.39 is 0 Å². The molecule has 1 unspecified atom stereocenters. The van der Waals surface area contributed by atoms with E-state index in [0.717, 1.165) is 32.5 Å². The molecule has 0 bridgehead atoms. The fourth-order valence-corrected chi connectivity index (χ4v) is 5.92. The van der Waals surface area contributed by atoms with Gasteiger partial charge in [-0.3, -0.25) is 4.90 Å². The monoisotopic (exact) mass is 488 g/mol. The zero-order valence-corrected chi connectivity index (χ0v) is 21.2. The van der Waals surface area contributed by atoms with Crippen LogP contribution < -0.4 is 4.74 Å². The number of thiophene rings is 1. The minimum atomic E-state index is -0.367. The van der Waals surface area contributed by atoms with E-state index in [1.807, 2.05) is 18.2 Å². The van der Waals surface area contributed by atoms with E-state index in [1.165, 1.54) is 29.1 Å². The summed E-state index contributed by atoms with van der Waals surface area (Å²) in [6, 6.07) is 18.6. The van der Waals surface area contributed by atoms with Gasteiger partial charge in [0.2, 0.25) is 0 Å². The van der Waals surface area contributed by atoms with Gasteiger partial charge in [0.05, 0.1) is 13.2 Å². The molecule has 2 aromatic heterocycles. The van der Waals surface area contributed by atoms with Crippen molar-refractivity contribution in [3.8, 4) is 5.75 Å². The Morgan fingerprint density at radius 2 is 1.86 bits per heavy atom. The second-order valence-electron chi connectivity index (χ2n) is 9.19. The number of ether oxygens (including phenoxy) is 2. The lowest BCUT2D eigenvalue weighted by Crippen LogP contribution is -2.35. The van der Waals surface area contributed by atoms with E-state index in [-0.39, 0.29) is 5.97 Å². The average molecular weight is 489 g/mol. The Bertz CT molecular complexity index is 1270. The summed E-state index contributed by atoms with van der Waals surface area (Å²) in [5, 5.41) is 5.80. The van der Waals surface area contributed by atoms with Crippen LogP contribution in [0.15, 0.2) is 71.6 Å². The van der Waals surface area contributed by atoms with Crippen LogP contribution in [0, 0.1) is 0 Å². The topological polar surface area (TPSA) is 43.7 Å². The van der Waals surface area contributed by atoms with Gasteiger partial charge >= 0.3 is 5.97 Å². The molecule has 5 rings (SSSR count). The first kappa shape index (κ1) is 23.6. The summed E-state index contributed by atoms with van der Waals surface area (Å²) in [5.74, 6) is 0.781. The van der Waals surface area contributed by atoms with Gasteiger partial charge in [0, 0.05) is 23.6 Å². The van der Waals surface area contributed by atoms with Crippen LogP contribution in [0.4, 0.5) is 0 Å². The maximum atomic E-state index is 12.0. The molecule has 3 heterocycles. The van der Waals surface area contributed by atoms with Crippen molar-refractivity contribution >= 4 is 28.2 Å². The SMILES string of the molecule is COC(=O)c1ccccc1OCCN1CCC(c2cn(C(C)c3ccsc3)c3ccccc23)CC1. The molecule has 5 nitrogen and oxygen atoms in total. The van der Waals surface area contributed by atoms with Crippen molar-refractivity contribution in [2.45, 2.75) is 31.7 Å². The van der Waals surface area contributed by atoms with Crippen molar-refractivity contribution < 1.29 is 14.3 Å². The number of methoxy groups -OCH3 is 1. The van der Waals surface area contributed by atoms with E-state index in [0.29, 0.717) is 29.9 Å². The van der Waals surface area contributed by atoms with Gasteiger partial charge in [-0.15, -0.1) is 0 Å². The number of esters is 1.